The summed E-state index contributed by atoms with van der Waals surface area (Å²) < 4.78 is 12.0. The summed E-state index contributed by atoms with van der Waals surface area (Å²) >= 11 is 1.38. The maximum atomic E-state index is 14.0. The van der Waals surface area contributed by atoms with Gasteiger partial charge >= 0.3 is 5.63 Å². The summed E-state index contributed by atoms with van der Waals surface area (Å²) in [5.74, 6) is 0.122. The van der Waals surface area contributed by atoms with Gasteiger partial charge in [0.15, 0.2) is 5.13 Å². The largest absolute Gasteiger partial charge is 0.494 e. The summed E-state index contributed by atoms with van der Waals surface area (Å²) in [5, 5.41) is 3.04. The van der Waals surface area contributed by atoms with Crippen LogP contribution in [0.5, 0.6) is 5.75 Å². The zero-order chi connectivity index (χ0) is 25.5. The Balaban J connectivity index is 1.54. The highest BCUT2D eigenvalue weighted by atomic mass is 32.1. The van der Waals surface area contributed by atoms with Gasteiger partial charge in [-0.3, -0.25) is 14.7 Å². The Hall–Kier alpha value is -4.56. The van der Waals surface area contributed by atoms with Gasteiger partial charge in [-0.2, -0.15) is 0 Å². The van der Waals surface area contributed by atoms with E-state index in [2.05, 4.69) is 4.98 Å². The fraction of sp³-hybridized carbons (Fsp3) is 0.103. The van der Waals surface area contributed by atoms with Gasteiger partial charge < -0.3 is 9.15 Å². The molecule has 8 heteroatoms. The van der Waals surface area contributed by atoms with Crippen molar-refractivity contribution in [3.05, 3.63) is 106 Å². The smallest absolute Gasteiger partial charge is 0.349 e. The molecule has 0 aliphatic heterocycles. The number of pyridine rings is 1. The van der Waals surface area contributed by atoms with Crippen molar-refractivity contribution in [2.24, 2.45) is 0 Å². The first kappa shape index (κ1) is 22.9. The van der Waals surface area contributed by atoms with Crippen LogP contribution in [0.3, 0.4) is 0 Å². The molecule has 3 heterocycles. The number of methoxy groups -OCH3 is 1. The van der Waals surface area contributed by atoms with Crippen molar-refractivity contribution in [2.45, 2.75) is 13.5 Å². The number of nitrogens with zero attached hydrogens (tertiary/aromatic N) is 3. The van der Waals surface area contributed by atoms with Gasteiger partial charge in [-0.1, -0.05) is 53.8 Å². The summed E-state index contributed by atoms with van der Waals surface area (Å²) in [4.78, 5) is 37.6. The third-order valence-electron chi connectivity index (χ3n) is 6.32. The summed E-state index contributed by atoms with van der Waals surface area (Å²) in [5.41, 5.74) is 2.16. The number of carbonyl (C=O) groups excluding carboxylic acids is 1. The van der Waals surface area contributed by atoms with E-state index in [-0.39, 0.29) is 12.1 Å². The van der Waals surface area contributed by atoms with E-state index in [4.69, 9.17) is 14.1 Å². The summed E-state index contributed by atoms with van der Waals surface area (Å²) in [6.45, 7) is 2.17. The molecule has 6 aromatic rings. The van der Waals surface area contributed by atoms with Gasteiger partial charge in [-0.05, 0) is 53.1 Å². The lowest BCUT2D eigenvalue weighted by Gasteiger charge is -2.19. The minimum absolute atomic E-state index is 0.0595. The van der Waals surface area contributed by atoms with Crippen LogP contribution >= 0.6 is 11.3 Å². The van der Waals surface area contributed by atoms with Crippen LogP contribution in [-0.2, 0) is 6.54 Å². The Labute approximate surface area is 215 Å². The molecule has 3 aromatic heterocycles. The predicted molar refractivity (Wildman–Crippen MR) is 146 cm³/mol. The molecule has 0 fully saturated rings. The summed E-state index contributed by atoms with van der Waals surface area (Å²) in [7, 11) is 1.59. The van der Waals surface area contributed by atoms with Crippen LogP contribution < -0.4 is 15.3 Å². The third kappa shape index (κ3) is 4.01. The highest BCUT2D eigenvalue weighted by Crippen LogP contribution is 2.37. The fourth-order valence-corrected chi connectivity index (χ4v) is 5.49. The molecular weight excluding hydrogens is 486 g/mol. The van der Waals surface area contributed by atoms with Crippen LogP contribution in [0.25, 0.3) is 32.0 Å². The molecule has 37 heavy (non-hydrogen) atoms. The van der Waals surface area contributed by atoms with Crippen molar-refractivity contribution in [1.82, 2.24) is 9.97 Å². The number of thiazole rings is 1. The number of amides is 1. The SMILES string of the molecule is COc1ccc(C)c2sc(N(Cc3cccnc3)C(=O)c3cc4c(ccc5ccccc54)oc3=O)nc12. The molecule has 0 N–H and O–H groups in total. The Morgan fingerprint density at radius 3 is 2.73 bits per heavy atom. The molecule has 0 aliphatic rings. The molecule has 182 valence electrons. The average molecular weight is 508 g/mol. The van der Waals surface area contributed by atoms with Crippen LogP contribution in [-0.4, -0.2) is 23.0 Å². The lowest BCUT2D eigenvalue weighted by molar-refractivity contribution is 0.0981. The highest BCUT2D eigenvalue weighted by molar-refractivity contribution is 7.22. The molecule has 3 aromatic carbocycles. The number of hydrogen-bond acceptors (Lipinski definition) is 7. The van der Waals surface area contributed by atoms with Crippen LogP contribution in [0.1, 0.15) is 21.5 Å². The van der Waals surface area contributed by atoms with Crippen molar-refractivity contribution < 1.29 is 13.9 Å². The van der Waals surface area contributed by atoms with E-state index in [9.17, 15) is 9.59 Å². The van der Waals surface area contributed by atoms with Gasteiger partial charge in [0.05, 0.1) is 18.4 Å². The van der Waals surface area contributed by atoms with Crippen LogP contribution in [0.4, 0.5) is 5.13 Å². The van der Waals surface area contributed by atoms with Gasteiger partial charge in [0, 0.05) is 17.8 Å². The maximum absolute atomic E-state index is 14.0. The van der Waals surface area contributed by atoms with Gasteiger partial charge in [0.2, 0.25) is 0 Å². The Morgan fingerprint density at radius 1 is 1.05 bits per heavy atom. The van der Waals surface area contributed by atoms with Crippen LogP contribution in [0, 0.1) is 6.92 Å². The lowest BCUT2D eigenvalue weighted by Crippen LogP contribution is -2.33. The zero-order valence-electron chi connectivity index (χ0n) is 20.1. The van der Waals surface area contributed by atoms with Gasteiger partial charge in [0.1, 0.15) is 22.4 Å². The van der Waals surface area contributed by atoms with Gasteiger partial charge in [-0.15, -0.1) is 0 Å². The number of benzene rings is 3. The number of rotatable bonds is 5. The van der Waals surface area contributed by atoms with E-state index >= 15 is 0 Å². The normalized spacial score (nSPS) is 11.3. The second-order valence-electron chi connectivity index (χ2n) is 8.66. The lowest BCUT2D eigenvalue weighted by atomic mass is 10.0. The van der Waals surface area contributed by atoms with E-state index in [1.807, 2.05) is 55.5 Å². The Morgan fingerprint density at radius 2 is 1.92 bits per heavy atom. The van der Waals surface area contributed by atoms with Crippen molar-refractivity contribution >= 4 is 54.3 Å². The average Bonchev–Trinajstić information content (AvgIpc) is 3.38. The van der Waals surface area contributed by atoms with E-state index in [0.29, 0.717) is 27.4 Å². The third-order valence-corrected chi connectivity index (χ3v) is 7.54. The van der Waals surface area contributed by atoms with Crippen molar-refractivity contribution in [3.8, 4) is 5.75 Å². The molecule has 0 aliphatic carbocycles. The Bertz CT molecular complexity index is 1860. The first-order valence-corrected chi connectivity index (χ1v) is 12.5. The fourth-order valence-electron chi connectivity index (χ4n) is 4.45. The second-order valence-corrected chi connectivity index (χ2v) is 9.64. The number of fused-ring (bicyclic) bond motifs is 4. The number of hydrogen-bond donors (Lipinski definition) is 0. The van der Waals surface area contributed by atoms with Crippen molar-refractivity contribution in [2.75, 3.05) is 12.0 Å². The van der Waals surface area contributed by atoms with Crippen LogP contribution in [0.15, 0.2) is 88.3 Å². The molecule has 6 rings (SSSR count). The number of aromatic nitrogens is 2. The summed E-state index contributed by atoms with van der Waals surface area (Å²) in [6, 6.07) is 20.6. The molecule has 0 saturated heterocycles. The minimum Gasteiger partial charge on any atom is -0.494 e. The molecular formula is C29H21N3O4S. The number of carbonyl (C=O) groups is 1. The minimum atomic E-state index is -0.696. The monoisotopic (exact) mass is 507 g/mol. The standard InChI is InChI=1S/C29H21N3O4S/c1-17-9-11-24(35-2)25-26(17)37-29(31-25)32(16-18-6-5-13-30-15-18)27(33)22-14-21-20-8-4-3-7-19(20)10-12-23(21)36-28(22)34/h3-15H,16H2,1-2H3. The van der Waals surface area contributed by atoms with Crippen molar-refractivity contribution in [3.63, 3.8) is 0 Å². The Kier molecular flexibility index (Phi) is 5.65. The first-order valence-electron chi connectivity index (χ1n) is 11.6. The quantitative estimate of drug-likeness (QED) is 0.207. The molecule has 1 amide bonds. The van der Waals surface area contributed by atoms with E-state index in [1.165, 1.54) is 16.2 Å². The number of anilines is 1. The van der Waals surface area contributed by atoms with E-state index in [0.717, 1.165) is 26.6 Å². The second kappa shape index (κ2) is 9.15. The maximum Gasteiger partial charge on any atom is 0.349 e. The molecule has 0 bridgehead atoms. The van der Waals surface area contributed by atoms with E-state index < -0.39 is 11.5 Å². The molecule has 0 radical (unpaired) electrons. The van der Waals surface area contributed by atoms with E-state index in [1.54, 1.807) is 37.7 Å². The molecule has 0 spiro atoms. The predicted octanol–water partition coefficient (Wildman–Crippen LogP) is 6.11. The van der Waals surface area contributed by atoms with Gasteiger partial charge in [-0.25, -0.2) is 9.78 Å². The number of ether oxygens (including phenoxy) is 1. The molecule has 0 atom stereocenters. The first-order chi connectivity index (χ1) is 18.0. The topological polar surface area (TPSA) is 85.5 Å². The molecule has 7 nitrogen and oxygen atoms in total. The zero-order valence-corrected chi connectivity index (χ0v) is 20.9. The van der Waals surface area contributed by atoms with Crippen molar-refractivity contribution in [1.29, 1.82) is 0 Å². The number of aryl methyl sites for hydroxylation is 1. The molecule has 0 unspecified atom stereocenters. The van der Waals surface area contributed by atoms with Gasteiger partial charge in [0.25, 0.3) is 5.91 Å². The summed E-state index contributed by atoms with van der Waals surface area (Å²) in [6.07, 6.45) is 3.36. The highest BCUT2D eigenvalue weighted by Gasteiger charge is 2.26. The molecule has 0 saturated carbocycles. The van der Waals surface area contributed by atoms with Crippen LogP contribution in [0.2, 0.25) is 0 Å².